The van der Waals surface area contributed by atoms with Crippen molar-refractivity contribution >= 4 is 11.6 Å². The molecule has 104 valence electrons. The van der Waals surface area contributed by atoms with Crippen LogP contribution in [0.1, 0.15) is 17.3 Å². The van der Waals surface area contributed by atoms with Crippen molar-refractivity contribution in [2.24, 2.45) is 0 Å². The van der Waals surface area contributed by atoms with Crippen LogP contribution in [0.2, 0.25) is 0 Å². The van der Waals surface area contributed by atoms with E-state index in [2.05, 4.69) is 0 Å². The van der Waals surface area contributed by atoms with E-state index in [1.54, 1.807) is 6.92 Å². The normalized spacial score (nSPS) is 10.4. The number of amides is 1. The van der Waals surface area contributed by atoms with Crippen molar-refractivity contribution in [1.82, 2.24) is 0 Å². The van der Waals surface area contributed by atoms with Gasteiger partial charge in [0.15, 0.2) is 11.6 Å². The Kier molecular flexibility index (Phi) is 4.08. The first kappa shape index (κ1) is 14.1. The SMILES string of the molecule is CCN(C(=O)c1ccc(F)cc1)c1ccc(F)c(F)c1. The molecule has 0 aliphatic heterocycles. The highest BCUT2D eigenvalue weighted by Gasteiger charge is 2.17. The van der Waals surface area contributed by atoms with E-state index >= 15 is 0 Å². The predicted octanol–water partition coefficient (Wildman–Crippen LogP) is 3.77. The number of anilines is 1. The van der Waals surface area contributed by atoms with Gasteiger partial charge in [0.2, 0.25) is 0 Å². The van der Waals surface area contributed by atoms with Crippen LogP contribution < -0.4 is 4.90 Å². The molecule has 0 radical (unpaired) electrons. The van der Waals surface area contributed by atoms with Gasteiger partial charge < -0.3 is 4.90 Å². The van der Waals surface area contributed by atoms with E-state index in [0.717, 1.165) is 12.1 Å². The highest BCUT2D eigenvalue weighted by atomic mass is 19.2. The van der Waals surface area contributed by atoms with Crippen LogP contribution in [0.5, 0.6) is 0 Å². The van der Waals surface area contributed by atoms with Crippen LogP contribution in [-0.4, -0.2) is 12.5 Å². The zero-order valence-corrected chi connectivity index (χ0v) is 10.7. The molecule has 0 heterocycles. The van der Waals surface area contributed by atoms with Gasteiger partial charge in [-0.15, -0.1) is 0 Å². The molecule has 0 saturated heterocycles. The van der Waals surface area contributed by atoms with Crippen LogP contribution >= 0.6 is 0 Å². The van der Waals surface area contributed by atoms with Crippen molar-refractivity contribution in [3.63, 3.8) is 0 Å². The van der Waals surface area contributed by atoms with Crippen LogP contribution in [0.4, 0.5) is 18.9 Å². The van der Waals surface area contributed by atoms with E-state index in [1.165, 1.54) is 35.2 Å². The molecule has 5 heteroatoms. The van der Waals surface area contributed by atoms with E-state index in [0.29, 0.717) is 0 Å². The zero-order valence-electron chi connectivity index (χ0n) is 10.7. The predicted molar refractivity (Wildman–Crippen MR) is 70.1 cm³/mol. The maximum Gasteiger partial charge on any atom is 0.258 e. The monoisotopic (exact) mass is 279 g/mol. The van der Waals surface area contributed by atoms with Gasteiger partial charge in [-0.3, -0.25) is 4.79 Å². The number of hydrogen-bond donors (Lipinski definition) is 0. The summed E-state index contributed by atoms with van der Waals surface area (Å²) in [5.41, 5.74) is 0.527. The van der Waals surface area contributed by atoms with E-state index in [9.17, 15) is 18.0 Å². The lowest BCUT2D eigenvalue weighted by atomic mass is 10.1. The molecule has 0 saturated carbocycles. The van der Waals surface area contributed by atoms with Crippen molar-refractivity contribution in [3.8, 4) is 0 Å². The molecule has 2 aromatic rings. The Balaban J connectivity index is 2.33. The molecular weight excluding hydrogens is 267 g/mol. The summed E-state index contributed by atoms with van der Waals surface area (Å²) in [5, 5.41) is 0. The largest absolute Gasteiger partial charge is 0.309 e. The Morgan fingerprint density at radius 1 is 1.00 bits per heavy atom. The van der Waals surface area contributed by atoms with Gasteiger partial charge in [0.1, 0.15) is 5.82 Å². The number of rotatable bonds is 3. The summed E-state index contributed by atoms with van der Waals surface area (Å²) in [5.74, 6) is -2.84. The number of carbonyl (C=O) groups is 1. The van der Waals surface area contributed by atoms with Gasteiger partial charge in [0.05, 0.1) is 0 Å². The average Bonchev–Trinajstić information content (AvgIpc) is 2.44. The molecule has 0 aliphatic carbocycles. The molecule has 2 rings (SSSR count). The molecule has 1 amide bonds. The molecule has 0 aromatic heterocycles. The first-order chi connectivity index (χ1) is 9.52. The Labute approximate surface area is 114 Å². The van der Waals surface area contributed by atoms with Gasteiger partial charge in [-0.05, 0) is 43.3 Å². The van der Waals surface area contributed by atoms with E-state index in [4.69, 9.17) is 0 Å². The van der Waals surface area contributed by atoms with Gasteiger partial charge in [0.25, 0.3) is 5.91 Å². The molecule has 20 heavy (non-hydrogen) atoms. The van der Waals surface area contributed by atoms with Crippen molar-refractivity contribution in [3.05, 3.63) is 65.5 Å². The van der Waals surface area contributed by atoms with E-state index < -0.39 is 23.4 Å². The minimum atomic E-state index is -1.02. The van der Waals surface area contributed by atoms with Gasteiger partial charge in [-0.25, -0.2) is 13.2 Å². The highest BCUT2D eigenvalue weighted by molar-refractivity contribution is 6.06. The second kappa shape index (κ2) is 5.77. The maximum atomic E-state index is 13.2. The molecule has 0 spiro atoms. The number of carbonyl (C=O) groups excluding carboxylic acids is 1. The summed E-state index contributed by atoms with van der Waals surface area (Å²) >= 11 is 0. The zero-order chi connectivity index (χ0) is 14.7. The fraction of sp³-hybridized carbons (Fsp3) is 0.133. The lowest BCUT2D eigenvalue weighted by Gasteiger charge is -2.21. The highest BCUT2D eigenvalue weighted by Crippen LogP contribution is 2.20. The van der Waals surface area contributed by atoms with Crippen LogP contribution in [-0.2, 0) is 0 Å². The first-order valence-corrected chi connectivity index (χ1v) is 6.05. The molecule has 0 aliphatic rings. The van der Waals surface area contributed by atoms with E-state index in [-0.39, 0.29) is 17.8 Å². The average molecular weight is 279 g/mol. The summed E-state index contributed by atoms with van der Waals surface area (Å²) in [6.07, 6.45) is 0. The standard InChI is InChI=1S/C15H12F3NO/c1-2-19(12-7-8-13(17)14(18)9-12)15(20)10-3-5-11(16)6-4-10/h3-9H,2H2,1H3. The number of nitrogens with zero attached hydrogens (tertiary/aromatic N) is 1. The Bertz CT molecular complexity index is 626. The van der Waals surface area contributed by atoms with Crippen LogP contribution in [0.15, 0.2) is 42.5 Å². The smallest absolute Gasteiger partial charge is 0.258 e. The van der Waals surface area contributed by atoms with E-state index in [1.807, 2.05) is 0 Å². The fourth-order valence-electron chi connectivity index (χ4n) is 1.84. The first-order valence-electron chi connectivity index (χ1n) is 6.05. The fourth-order valence-corrected chi connectivity index (χ4v) is 1.84. The topological polar surface area (TPSA) is 20.3 Å². The van der Waals surface area contributed by atoms with Gasteiger partial charge in [-0.1, -0.05) is 0 Å². The number of hydrogen-bond acceptors (Lipinski definition) is 1. The lowest BCUT2D eigenvalue weighted by molar-refractivity contribution is 0.0988. The molecule has 0 N–H and O–H groups in total. The van der Waals surface area contributed by atoms with Crippen molar-refractivity contribution in [1.29, 1.82) is 0 Å². The van der Waals surface area contributed by atoms with Gasteiger partial charge in [-0.2, -0.15) is 0 Å². The minimum absolute atomic E-state index is 0.251. The van der Waals surface area contributed by atoms with Crippen molar-refractivity contribution < 1.29 is 18.0 Å². The van der Waals surface area contributed by atoms with Gasteiger partial charge >= 0.3 is 0 Å². The third-order valence-electron chi connectivity index (χ3n) is 2.87. The van der Waals surface area contributed by atoms with Crippen LogP contribution in [0.25, 0.3) is 0 Å². The molecular formula is C15H12F3NO. The quantitative estimate of drug-likeness (QED) is 0.837. The third kappa shape index (κ3) is 2.82. The summed E-state index contributed by atoms with van der Waals surface area (Å²) in [4.78, 5) is 13.6. The Hall–Kier alpha value is -2.30. The molecule has 0 atom stereocenters. The van der Waals surface area contributed by atoms with Crippen molar-refractivity contribution in [2.45, 2.75) is 6.92 Å². The third-order valence-corrected chi connectivity index (χ3v) is 2.87. The maximum absolute atomic E-state index is 13.2. The number of halogens is 3. The van der Waals surface area contributed by atoms with Crippen LogP contribution in [0, 0.1) is 17.5 Å². The molecule has 0 unspecified atom stereocenters. The number of benzene rings is 2. The summed E-state index contributed by atoms with van der Waals surface area (Å²) in [7, 11) is 0. The second-order valence-corrected chi connectivity index (χ2v) is 4.15. The summed E-state index contributed by atoms with van der Waals surface area (Å²) in [6.45, 7) is 1.99. The lowest BCUT2D eigenvalue weighted by Crippen LogP contribution is -2.30. The molecule has 0 fully saturated rings. The minimum Gasteiger partial charge on any atom is -0.309 e. The molecule has 2 nitrogen and oxygen atoms in total. The Morgan fingerprint density at radius 2 is 1.65 bits per heavy atom. The van der Waals surface area contributed by atoms with Crippen LogP contribution in [0.3, 0.4) is 0 Å². The Morgan fingerprint density at radius 3 is 2.20 bits per heavy atom. The van der Waals surface area contributed by atoms with Crippen molar-refractivity contribution in [2.75, 3.05) is 11.4 Å². The second-order valence-electron chi connectivity index (χ2n) is 4.15. The molecule has 2 aromatic carbocycles. The molecule has 0 bridgehead atoms. The summed E-state index contributed by atoms with van der Waals surface area (Å²) in [6, 6.07) is 8.29. The summed E-state index contributed by atoms with van der Waals surface area (Å²) < 4.78 is 39.0. The van der Waals surface area contributed by atoms with Gasteiger partial charge in [0, 0.05) is 23.9 Å².